The third-order valence-corrected chi connectivity index (χ3v) is 11.4. The van der Waals surface area contributed by atoms with Gasteiger partial charge < -0.3 is 19.4 Å². The van der Waals surface area contributed by atoms with E-state index in [1.54, 1.807) is 18.2 Å². The van der Waals surface area contributed by atoms with Crippen molar-refractivity contribution in [2.24, 2.45) is 23.2 Å². The first-order valence-corrected chi connectivity index (χ1v) is 17.0. The molecule has 3 aromatic carbocycles. The SMILES string of the molecule is CCC(=O)c1c(-c2ccc(F)cc2)oc2cc(N(CC)CC)c(-c3cccc(C(=O)N[C@]4(C)[C@H](C(=O)OC)C[C@@H]5C[C@H]4C5(C)C)c3)cc12. The lowest BCUT2D eigenvalue weighted by atomic mass is 9.41. The lowest BCUT2D eigenvalue weighted by Crippen LogP contribution is -2.71. The summed E-state index contributed by atoms with van der Waals surface area (Å²) < 4.78 is 25.4. The summed E-state index contributed by atoms with van der Waals surface area (Å²) in [5.74, 6) is -0.428. The second kappa shape index (κ2) is 12.5. The van der Waals surface area contributed by atoms with Crippen LogP contribution in [0.25, 0.3) is 33.4 Å². The van der Waals surface area contributed by atoms with E-state index in [1.807, 2.05) is 44.2 Å². The highest BCUT2D eigenvalue weighted by molar-refractivity contribution is 6.13. The van der Waals surface area contributed by atoms with Crippen LogP contribution in [0.2, 0.25) is 0 Å². The molecule has 3 saturated carbocycles. The van der Waals surface area contributed by atoms with Crippen molar-refractivity contribution >= 4 is 34.3 Å². The monoisotopic (exact) mass is 652 g/mol. The van der Waals surface area contributed by atoms with Crippen molar-refractivity contribution in [1.29, 1.82) is 0 Å². The standard InChI is InChI=1S/C40H45FN2O5/c1-8-32(44)35-29-21-28(31(43(9-2)10-3)22-33(29)48-36(35)23-14-16-27(41)17-15-23)24-12-11-13-25(18-24)37(45)42-40(6)30(38(46)47-7)19-26-20-34(40)39(26,4)5/h11-18,21-22,26,30,34H,8-10,19-20H2,1-7H3,(H,42,45)/t26-,30+,34+,40-/m1/s1. The van der Waals surface area contributed by atoms with Crippen LogP contribution in [0, 0.1) is 29.0 Å². The van der Waals surface area contributed by atoms with Gasteiger partial charge in [-0.15, -0.1) is 0 Å². The van der Waals surface area contributed by atoms with Crippen LogP contribution in [-0.2, 0) is 9.53 Å². The Morgan fingerprint density at radius 3 is 2.29 bits per heavy atom. The number of ketones is 1. The highest BCUT2D eigenvalue weighted by Crippen LogP contribution is 2.64. The van der Waals surface area contributed by atoms with Gasteiger partial charge in [0.05, 0.1) is 24.1 Å². The highest BCUT2D eigenvalue weighted by Gasteiger charge is 2.65. The van der Waals surface area contributed by atoms with Crippen molar-refractivity contribution in [2.45, 2.75) is 66.3 Å². The normalized spacial score (nSPS) is 22.5. The van der Waals surface area contributed by atoms with Crippen molar-refractivity contribution < 1.29 is 27.9 Å². The van der Waals surface area contributed by atoms with E-state index >= 15 is 0 Å². The van der Waals surface area contributed by atoms with E-state index in [0.29, 0.717) is 45.8 Å². The molecule has 3 aliphatic rings. The first-order valence-electron chi connectivity index (χ1n) is 17.0. The number of amides is 1. The van der Waals surface area contributed by atoms with Gasteiger partial charge in [0.2, 0.25) is 0 Å². The molecule has 3 fully saturated rings. The van der Waals surface area contributed by atoms with E-state index in [4.69, 9.17) is 9.15 Å². The predicted octanol–water partition coefficient (Wildman–Crippen LogP) is 8.69. The molecule has 252 valence electrons. The number of methoxy groups -OCH3 is 1. The molecule has 1 amide bonds. The first kappa shape index (κ1) is 33.4. The summed E-state index contributed by atoms with van der Waals surface area (Å²) >= 11 is 0. The van der Waals surface area contributed by atoms with Crippen LogP contribution < -0.4 is 10.2 Å². The number of benzene rings is 3. The molecule has 0 aliphatic heterocycles. The number of fused-ring (bicyclic) bond motifs is 3. The van der Waals surface area contributed by atoms with Gasteiger partial charge in [0.15, 0.2) is 5.78 Å². The third kappa shape index (κ3) is 5.39. The second-order valence-electron chi connectivity index (χ2n) is 14.1. The summed E-state index contributed by atoms with van der Waals surface area (Å²) in [6.07, 6.45) is 1.92. The van der Waals surface area contributed by atoms with Crippen LogP contribution in [0.5, 0.6) is 0 Å². The third-order valence-electron chi connectivity index (χ3n) is 11.4. The van der Waals surface area contributed by atoms with E-state index < -0.39 is 11.5 Å². The van der Waals surface area contributed by atoms with E-state index in [9.17, 15) is 18.8 Å². The van der Waals surface area contributed by atoms with Gasteiger partial charge in [-0.25, -0.2) is 4.39 Å². The van der Waals surface area contributed by atoms with Gasteiger partial charge in [0, 0.05) is 53.3 Å². The Morgan fingerprint density at radius 1 is 0.958 bits per heavy atom. The Balaban J connectivity index is 1.45. The average molecular weight is 653 g/mol. The topological polar surface area (TPSA) is 88.9 Å². The number of nitrogens with zero attached hydrogens (tertiary/aromatic N) is 1. The summed E-state index contributed by atoms with van der Waals surface area (Å²) in [4.78, 5) is 42.7. The number of carbonyl (C=O) groups is 3. The smallest absolute Gasteiger partial charge is 0.311 e. The van der Waals surface area contributed by atoms with E-state index in [1.165, 1.54) is 19.2 Å². The number of esters is 1. The second-order valence-corrected chi connectivity index (χ2v) is 14.1. The zero-order chi connectivity index (χ0) is 34.5. The quantitative estimate of drug-likeness (QED) is 0.136. The lowest BCUT2D eigenvalue weighted by Gasteiger charge is -2.66. The molecule has 4 atom stereocenters. The number of hydrogen-bond donors (Lipinski definition) is 1. The van der Waals surface area contributed by atoms with Gasteiger partial charge in [-0.3, -0.25) is 14.4 Å². The van der Waals surface area contributed by atoms with Gasteiger partial charge in [-0.05, 0) is 98.9 Å². The highest BCUT2D eigenvalue weighted by atomic mass is 19.1. The molecule has 4 aromatic rings. The molecule has 1 heterocycles. The molecule has 0 unspecified atom stereocenters. The Kier molecular flexibility index (Phi) is 8.73. The predicted molar refractivity (Wildman–Crippen MR) is 187 cm³/mol. The zero-order valence-corrected chi connectivity index (χ0v) is 28.9. The van der Waals surface area contributed by atoms with Crippen LogP contribution in [0.15, 0.2) is 65.1 Å². The largest absolute Gasteiger partial charge is 0.469 e. The summed E-state index contributed by atoms with van der Waals surface area (Å²) in [5.41, 5.74) is 3.95. The minimum atomic E-state index is -0.757. The van der Waals surface area contributed by atoms with Gasteiger partial charge in [0.25, 0.3) is 5.91 Å². The summed E-state index contributed by atoms with van der Waals surface area (Å²) in [6, 6.07) is 17.4. The zero-order valence-electron chi connectivity index (χ0n) is 28.9. The molecule has 0 saturated heterocycles. The van der Waals surface area contributed by atoms with Crippen molar-refractivity contribution in [3.8, 4) is 22.5 Å². The molecule has 7 rings (SSSR count). The molecule has 0 spiro atoms. The first-order chi connectivity index (χ1) is 22.9. The fourth-order valence-electron chi connectivity index (χ4n) is 8.46. The molecule has 7 nitrogen and oxygen atoms in total. The molecule has 1 N–H and O–H groups in total. The average Bonchev–Trinajstić information content (AvgIpc) is 3.46. The molecule has 2 bridgehead atoms. The Labute approximate surface area is 281 Å². The number of furan rings is 1. The molecular formula is C40H45FN2O5. The minimum Gasteiger partial charge on any atom is -0.469 e. The Bertz CT molecular complexity index is 1890. The summed E-state index contributed by atoms with van der Waals surface area (Å²) in [7, 11) is 1.41. The van der Waals surface area contributed by atoms with Gasteiger partial charge in [-0.2, -0.15) is 0 Å². The number of ether oxygens (including phenoxy) is 1. The lowest BCUT2D eigenvalue weighted by molar-refractivity contribution is -0.179. The maximum Gasteiger partial charge on any atom is 0.311 e. The van der Waals surface area contributed by atoms with Crippen molar-refractivity contribution in [3.63, 3.8) is 0 Å². The van der Waals surface area contributed by atoms with E-state index in [2.05, 4.69) is 37.9 Å². The Hall–Kier alpha value is -4.46. The fourth-order valence-corrected chi connectivity index (χ4v) is 8.46. The van der Waals surface area contributed by atoms with E-state index in [0.717, 1.165) is 36.3 Å². The van der Waals surface area contributed by atoms with Crippen LogP contribution in [-0.4, -0.2) is 43.4 Å². The fraction of sp³-hybridized carbons (Fsp3) is 0.425. The number of hydrogen-bond acceptors (Lipinski definition) is 6. The van der Waals surface area contributed by atoms with Crippen molar-refractivity contribution in [2.75, 3.05) is 25.1 Å². The van der Waals surface area contributed by atoms with Gasteiger partial charge in [-0.1, -0.05) is 32.9 Å². The Morgan fingerprint density at radius 2 is 1.67 bits per heavy atom. The summed E-state index contributed by atoms with van der Waals surface area (Å²) in [5, 5.41) is 3.97. The molecule has 0 radical (unpaired) electrons. The molecule has 3 aliphatic carbocycles. The maximum absolute atomic E-state index is 14.1. The van der Waals surface area contributed by atoms with Crippen LogP contribution in [0.1, 0.15) is 81.5 Å². The van der Waals surface area contributed by atoms with Crippen molar-refractivity contribution in [1.82, 2.24) is 5.32 Å². The number of carbonyl (C=O) groups excluding carboxylic acids is 3. The molecule has 8 heteroatoms. The number of rotatable bonds is 10. The number of Topliss-reactive ketones (excluding diaryl/α,β-unsaturated/α-hetero) is 1. The molecule has 1 aromatic heterocycles. The maximum atomic E-state index is 14.1. The number of nitrogens with one attached hydrogen (secondary N) is 1. The number of halogens is 1. The van der Waals surface area contributed by atoms with Gasteiger partial charge >= 0.3 is 5.97 Å². The minimum absolute atomic E-state index is 0.00741. The summed E-state index contributed by atoms with van der Waals surface area (Å²) in [6.45, 7) is 13.9. The van der Waals surface area contributed by atoms with Gasteiger partial charge in [0.1, 0.15) is 17.2 Å². The van der Waals surface area contributed by atoms with Crippen molar-refractivity contribution in [3.05, 3.63) is 77.6 Å². The molecule has 48 heavy (non-hydrogen) atoms. The van der Waals surface area contributed by atoms with Crippen LogP contribution >= 0.6 is 0 Å². The van der Waals surface area contributed by atoms with E-state index in [-0.39, 0.29) is 41.2 Å². The number of anilines is 1. The van der Waals surface area contributed by atoms with Crippen LogP contribution in [0.3, 0.4) is 0 Å². The van der Waals surface area contributed by atoms with Crippen LogP contribution in [0.4, 0.5) is 10.1 Å². The molecular weight excluding hydrogens is 607 g/mol.